The normalized spacial score (nSPS) is 25.1. The third kappa shape index (κ3) is 3.59. The largest absolute Gasteiger partial charge is 0.492 e. The summed E-state index contributed by atoms with van der Waals surface area (Å²) in [7, 11) is 0. The third-order valence-electron chi connectivity index (χ3n) is 7.05. The molecule has 0 unspecified atom stereocenters. The van der Waals surface area contributed by atoms with Gasteiger partial charge in [-0.1, -0.05) is 43.3 Å². The van der Waals surface area contributed by atoms with Crippen molar-refractivity contribution >= 4 is 17.5 Å². The van der Waals surface area contributed by atoms with E-state index in [4.69, 9.17) is 4.74 Å². The number of rotatable bonds is 6. The average Bonchev–Trinajstić information content (AvgIpc) is 3.57. The zero-order valence-electron chi connectivity index (χ0n) is 18.0. The van der Waals surface area contributed by atoms with Crippen molar-refractivity contribution in [1.82, 2.24) is 9.80 Å². The van der Waals surface area contributed by atoms with Gasteiger partial charge in [-0.25, -0.2) is 0 Å². The predicted octanol–water partition coefficient (Wildman–Crippen LogP) is 2.75. The molecule has 2 amide bonds. The molecule has 0 radical (unpaired) electrons. The second-order valence-electron chi connectivity index (χ2n) is 8.78. The van der Waals surface area contributed by atoms with Crippen molar-refractivity contribution in [2.75, 3.05) is 50.8 Å². The van der Waals surface area contributed by atoms with Crippen molar-refractivity contribution in [3.63, 3.8) is 0 Å². The first-order valence-electron chi connectivity index (χ1n) is 11.2. The molecule has 1 saturated heterocycles. The molecular formula is C25H29N3O3. The van der Waals surface area contributed by atoms with E-state index in [2.05, 4.69) is 17.9 Å². The highest BCUT2D eigenvalue weighted by atomic mass is 16.5. The maximum atomic E-state index is 13.7. The summed E-state index contributed by atoms with van der Waals surface area (Å²) in [4.78, 5) is 32.7. The van der Waals surface area contributed by atoms with Crippen LogP contribution in [0.25, 0.3) is 0 Å². The van der Waals surface area contributed by atoms with Crippen LogP contribution in [0.15, 0.2) is 54.6 Å². The summed E-state index contributed by atoms with van der Waals surface area (Å²) in [6.45, 7) is 6.82. The lowest BCUT2D eigenvalue weighted by Gasteiger charge is -2.37. The van der Waals surface area contributed by atoms with Crippen LogP contribution in [0.1, 0.15) is 24.8 Å². The number of likely N-dealkylation sites (N-methyl/N-ethyl adjacent to an activating group) is 1. The fourth-order valence-electron chi connectivity index (χ4n) is 5.01. The van der Waals surface area contributed by atoms with E-state index in [0.29, 0.717) is 6.61 Å². The van der Waals surface area contributed by atoms with Crippen molar-refractivity contribution in [2.24, 2.45) is 5.41 Å². The lowest BCUT2D eigenvalue weighted by Crippen LogP contribution is -2.53. The van der Waals surface area contributed by atoms with Gasteiger partial charge in [-0.05, 0) is 36.7 Å². The zero-order chi connectivity index (χ0) is 21.4. The number of carbonyl (C=O) groups is 2. The Kier molecular flexibility index (Phi) is 5.18. The lowest BCUT2D eigenvalue weighted by atomic mass is 9.92. The topological polar surface area (TPSA) is 53.1 Å². The minimum Gasteiger partial charge on any atom is -0.492 e. The summed E-state index contributed by atoms with van der Waals surface area (Å²) in [5.74, 6) is 0.981. The van der Waals surface area contributed by atoms with Gasteiger partial charge in [0.05, 0.1) is 5.41 Å². The molecule has 3 aliphatic rings. The lowest BCUT2D eigenvalue weighted by molar-refractivity contribution is -0.134. The predicted molar refractivity (Wildman–Crippen MR) is 119 cm³/mol. The van der Waals surface area contributed by atoms with Crippen LogP contribution >= 0.6 is 0 Å². The van der Waals surface area contributed by atoms with Crippen LogP contribution in [-0.4, -0.2) is 67.5 Å². The number of amides is 2. The Balaban J connectivity index is 1.35. The van der Waals surface area contributed by atoms with Crippen molar-refractivity contribution in [3.05, 3.63) is 60.2 Å². The maximum Gasteiger partial charge on any atom is 0.242 e. The van der Waals surface area contributed by atoms with E-state index < -0.39 is 5.41 Å². The first kappa shape index (κ1) is 20.1. The van der Waals surface area contributed by atoms with Gasteiger partial charge in [-0.15, -0.1) is 0 Å². The first-order valence-corrected chi connectivity index (χ1v) is 11.2. The number of piperazine rings is 1. The van der Waals surface area contributed by atoms with E-state index in [0.717, 1.165) is 56.1 Å². The molecule has 6 nitrogen and oxygen atoms in total. The van der Waals surface area contributed by atoms with Crippen molar-refractivity contribution in [2.45, 2.75) is 19.3 Å². The molecule has 2 heterocycles. The molecule has 2 aromatic carbocycles. The molecular weight excluding hydrogens is 390 g/mol. The third-order valence-corrected chi connectivity index (χ3v) is 7.05. The van der Waals surface area contributed by atoms with Gasteiger partial charge in [0.15, 0.2) is 0 Å². The molecule has 31 heavy (non-hydrogen) atoms. The van der Waals surface area contributed by atoms with Crippen LogP contribution in [-0.2, 0) is 9.59 Å². The molecule has 1 saturated carbocycles. The number of nitrogens with zero attached hydrogens (tertiary/aromatic N) is 3. The standard InChI is InChI=1S/C25H29N3O3/c1-2-26-12-14-27(15-13-26)23(29)17-28-22-11-7-6-10-20(22)21-16-25(21,24(28)30)18-31-19-8-4-3-5-9-19/h3-11,21H,2,12-18H2,1H3/t21-,25+/m0/s1. The fourth-order valence-corrected chi connectivity index (χ4v) is 5.01. The van der Waals surface area contributed by atoms with Gasteiger partial charge in [0.2, 0.25) is 11.8 Å². The molecule has 0 N–H and O–H groups in total. The van der Waals surface area contributed by atoms with Gasteiger partial charge < -0.3 is 19.4 Å². The first-order chi connectivity index (χ1) is 15.1. The van der Waals surface area contributed by atoms with Crippen LogP contribution in [0.5, 0.6) is 5.75 Å². The van der Waals surface area contributed by atoms with Gasteiger partial charge in [0.1, 0.15) is 18.9 Å². The Morgan fingerprint density at radius 2 is 1.74 bits per heavy atom. The summed E-state index contributed by atoms with van der Waals surface area (Å²) < 4.78 is 6.02. The number of ether oxygens (including phenoxy) is 1. The highest BCUT2D eigenvalue weighted by Gasteiger charge is 2.66. The zero-order valence-corrected chi connectivity index (χ0v) is 18.0. The summed E-state index contributed by atoms with van der Waals surface area (Å²) in [6.07, 6.45) is 0.773. The number of hydrogen-bond acceptors (Lipinski definition) is 4. The van der Waals surface area contributed by atoms with Crippen LogP contribution < -0.4 is 9.64 Å². The van der Waals surface area contributed by atoms with E-state index in [1.54, 1.807) is 4.90 Å². The van der Waals surface area contributed by atoms with Gasteiger partial charge in [0.25, 0.3) is 0 Å². The molecule has 162 valence electrons. The van der Waals surface area contributed by atoms with Gasteiger partial charge >= 0.3 is 0 Å². The van der Waals surface area contributed by atoms with E-state index in [9.17, 15) is 9.59 Å². The highest BCUT2D eigenvalue weighted by molar-refractivity contribution is 6.07. The molecule has 0 spiro atoms. The maximum absolute atomic E-state index is 13.7. The summed E-state index contributed by atoms with van der Waals surface area (Å²) >= 11 is 0. The monoisotopic (exact) mass is 419 g/mol. The van der Waals surface area contributed by atoms with E-state index in [1.807, 2.05) is 53.4 Å². The second kappa shape index (κ2) is 8.00. The Hall–Kier alpha value is -2.86. The molecule has 2 aromatic rings. The van der Waals surface area contributed by atoms with Crippen LogP contribution in [0.4, 0.5) is 5.69 Å². The molecule has 1 aliphatic carbocycles. The molecule has 0 aromatic heterocycles. The summed E-state index contributed by atoms with van der Waals surface area (Å²) in [6, 6.07) is 17.6. The quantitative estimate of drug-likeness (QED) is 0.723. The summed E-state index contributed by atoms with van der Waals surface area (Å²) in [5, 5.41) is 0. The van der Waals surface area contributed by atoms with Gasteiger partial charge in [-0.3, -0.25) is 9.59 Å². The molecule has 2 fully saturated rings. The smallest absolute Gasteiger partial charge is 0.242 e. The van der Waals surface area contributed by atoms with Crippen molar-refractivity contribution in [3.8, 4) is 5.75 Å². The SMILES string of the molecule is CCN1CCN(C(=O)CN2C(=O)[C@@]3(COc4ccccc4)C[C@H]3c3ccccc32)CC1. The second-order valence-corrected chi connectivity index (χ2v) is 8.78. The number of benzene rings is 2. The number of fused-ring (bicyclic) bond motifs is 3. The van der Waals surface area contributed by atoms with Gasteiger partial charge in [-0.2, -0.15) is 0 Å². The minimum absolute atomic E-state index is 0.0210. The molecule has 6 heteroatoms. The van der Waals surface area contributed by atoms with Crippen LogP contribution in [0, 0.1) is 5.41 Å². The Labute approximate surface area is 183 Å². The fraction of sp³-hybridized carbons (Fsp3) is 0.440. The van der Waals surface area contributed by atoms with Crippen molar-refractivity contribution in [1.29, 1.82) is 0 Å². The Morgan fingerprint density at radius 1 is 1.03 bits per heavy atom. The highest BCUT2D eigenvalue weighted by Crippen LogP contribution is 2.65. The van der Waals surface area contributed by atoms with E-state index in [-0.39, 0.29) is 24.3 Å². The Bertz CT molecular complexity index is 971. The van der Waals surface area contributed by atoms with E-state index >= 15 is 0 Å². The number of anilines is 1. The molecule has 2 aliphatic heterocycles. The average molecular weight is 420 g/mol. The minimum atomic E-state index is -0.564. The van der Waals surface area contributed by atoms with E-state index in [1.165, 1.54) is 0 Å². The number of carbonyl (C=O) groups excluding carboxylic acids is 2. The Morgan fingerprint density at radius 3 is 2.48 bits per heavy atom. The summed E-state index contributed by atoms with van der Waals surface area (Å²) in [5.41, 5.74) is 1.47. The molecule has 5 rings (SSSR count). The molecule has 2 atom stereocenters. The van der Waals surface area contributed by atoms with Crippen LogP contribution in [0.3, 0.4) is 0 Å². The number of para-hydroxylation sites is 2. The number of hydrogen-bond donors (Lipinski definition) is 0. The van der Waals surface area contributed by atoms with Crippen molar-refractivity contribution < 1.29 is 14.3 Å². The van der Waals surface area contributed by atoms with Crippen LogP contribution in [0.2, 0.25) is 0 Å². The molecule has 0 bridgehead atoms. The van der Waals surface area contributed by atoms with Gasteiger partial charge in [0, 0.05) is 37.8 Å².